The van der Waals surface area contributed by atoms with Gasteiger partial charge in [-0.2, -0.15) is 0 Å². The molecule has 2 rings (SSSR count). The topological polar surface area (TPSA) is 47.6 Å². The predicted molar refractivity (Wildman–Crippen MR) is 93.3 cm³/mol. The summed E-state index contributed by atoms with van der Waals surface area (Å²) in [6.07, 6.45) is 0. The quantitative estimate of drug-likeness (QED) is 0.754. The number of ether oxygens (including phenoxy) is 2. The standard InChI is InChI=1S/C18H21NO3S/c1-14(12-22-16-10-8-15(21-2)9-11-16)19-18(20)13-23-17-6-4-3-5-7-17/h3-11,14H,12-13H2,1-2H3,(H,19,20). The van der Waals surface area contributed by atoms with Crippen molar-refractivity contribution in [1.82, 2.24) is 5.32 Å². The van der Waals surface area contributed by atoms with E-state index in [2.05, 4.69) is 5.32 Å². The van der Waals surface area contributed by atoms with E-state index in [-0.39, 0.29) is 11.9 Å². The summed E-state index contributed by atoms with van der Waals surface area (Å²) in [6.45, 7) is 2.35. The summed E-state index contributed by atoms with van der Waals surface area (Å²) in [6, 6.07) is 17.2. The van der Waals surface area contributed by atoms with Gasteiger partial charge in [-0.1, -0.05) is 18.2 Å². The summed E-state index contributed by atoms with van der Waals surface area (Å²) >= 11 is 1.52. The summed E-state index contributed by atoms with van der Waals surface area (Å²) in [5.41, 5.74) is 0. The van der Waals surface area contributed by atoms with Gasteiger partial charge in [-0.15, -0.1) is 11.8 Å². The van der Waals surface area contributed by atoms with E-state index >= 15 is 0 Å². The SMILES string of the molecule is COc1ccc(OCC(C)NC(=O)CSc2ccccc2)cc1. The van der Waals surface area contributed by atoms with Gasteiger partial charge in [0.15, 0.2) is 0 Å². The first-order valence-corrected chi connectivity index (χ1v) is 8.40. The van der Waals surface area contributed by atoms with Crippen LogP contribution in [0.5, 0.6) is 11.5 Å². The van der Waals surface area contributed by atoms with Gasteiger partial charge in [0.1, 0.15) is 18.1 Å². The number of methoxy groups -OCH3 is 1. The second-order valence-electron chi connectivity index (χ2n) is 5.06. The summed E-state index contributed by atoms with van der Waals surface area (Å²) in [7, 11) is 1.63. The molecule has 0 fully saturated rings. The summed E-state index contributed by atoms with van der Waals surface area (Å²) < 4.78 is 10.7. The van der Waals surface area contributed by atoms with Crippen LogP contribution in [0.2, 0.25) is 0 Å². The van der Waals surface area contributed by atoms with Crippen molar-refractivity contribution in [1.29, 1.82) is 0 Å². The number of benzene rings is 2. The van der Waals surface area contributed by atoms with Gasteiger partial charge >= 0.3 is 0 Å². The minimum absolute atomic E-state index is 0.00434. The van der Waals surface area contributed by atoms with Gasteiger partial charge in [-0.3, -0.25) is 4.79 Å². The molecule has 0 aliphatic heterocycles. The Morgan fingerprint density at radius 1 is 1.09 bits per heavy atom. The summed E-state index contributed by atoms with van der Waals surface area (Å²) in [5.74, 6) is 1.95. The molecule has 0 heterocycles. The molecule has 1 N–H and O–H groups in total. The molecule has 122 valence electrons. The van der Waals surface area contributed by atoms with Crippen molar-refractivity contribution in [3.8, 4) is 11.5 Å². The number of nitrogens with one attached hydrogen (secondary N) is 1. The molecule has 4 nitrogen and oxygen atoms in total. The molecule has 0 radical (unpaired) electrons. The third-order valence-electron chi connectivity index (χ3n) is 3.08. The van der Waals surface area contributed by atoms with E-state index in [1.54, 1.807) is 7.11 Å². The highest BCUT2D eigenvalue weighted by Crippen LogP contribution is 2.18. The first kappa shape index (κ1) is 17.2. The molecule has 1 unspecified atom stereocenters. The van der Waals surface area contributed by atoms with Crippen LogP contribution >= 0.6 is 11.8 Å². The highest BCUT2D eigenvalue weighted by molar-refractivity contribution is 8.00. The monoisotopic (exact) mass is 331 g/mol. The fraction of sp³-hybridized carbons (Fsp3) is 0.278. The van der Waals surface area contributed by atoms with Crippen molar-refractivity contribution in [3.05, 3.63) is 54.6 Å². The Bertz CT molecular complexity index is 601. The molecule has 23 heavy (non-hydrogen) atoms. The molecule has 1 atom stereocenters. The first-order chi connectivity index (χ1) is 11.2. The van der Waals surface area contributed by atoms with E-state index in [4.69, 9.17) is 9.47 Å². The molecule has 0 aromatic heterocycles. The molecule has 2 aromatic rings. The van der Waals surface area contributed by atoms with Crippen LogP contribution in [0.4, 0.5) is 0 Å². The lowest BCUT2D eigenvalue weighted by atomic mass is 10.3. The number of hydrogen-bond donors (Lipinski definition) is 1. The maximum atomic E-state index is 11.9. The molecule has 1 amide bonds. The van der Waals surface area contributed by atoms with E-state index in [0.29, 0.717) is 12.4 Å². The zero-order chi connectivity index (χ0) is 16.5. The smallest absolute Gasteiger partial charge is 0.230 e. The number of hydrogen-bond acceptors (Lipinski definition) is 4. The summed E-state index contributed by atoms with van der Waals surface area (Å²) in [4.78, 5) is 13.0. The highest BCUT2D eigenvalue weighted by atomic mass is 32.2. The Labute approximate surface area is 141 Å². The minimum atomic E-state index is -0.0547. The van der Waals surface area contributed by atoms with Crippen molar-refractivity contribution in [2.45, 2.75) is 17.9 Å². The molecule has 0 spiro atoms. The van der Waals surface area contributed by atoms with Crippen molar-refractivity contribution < 1.29 is 14.3 Å². The number of carbonyl (C=O) groups excluding carboxylic acids is 1. The second-order valence-corrected chi connectivity index (χ2v) is 6.11. The van der Waals surface area contributed by atoms with Crippen molar-refractivity contribution in [2.75, 3.05) is 19.5 Å². The van der Waals surface area contributed by atoms with Gasteiger partial charge in [0.25, 0.3) is 0 Å². The molecular formula is C18H21NO3S. The van der Waals surface area contributed by atoms with E-state index in [0.717, 1.165) is 16.4 Å². The molecule has 0 saturated heterocycles. The van der Waals surface area contributed by atoms with Crippen LogP contribution in [0, 0.1) is 0 Å². The van der Waals surface area contributed by atoms with Gasteiger partial charge < -0.3 is 14.8 Å². The largest absolute Gasteiger partial charge is 0.497 e. The second kappa shape index (κ2) is 9.10. The highest BCUT2D eigenvalue weighted by Gasteiger charge is 2.08. The third kappa shape index (κ3) is 6.24. The number of carbonyl (C=O) groups is 1. The Morgan fingerprint density at radius 2 is 1.74 bits per heavy atom. The van der Waals surface area contributed by atoms with Crippen LogP contribution in [0.3, 0.4) is 0 Å². The van der Waals surface area contributed by atoms with Gasteiger partial charge in [0.2, 0.25) is 5.91 Å². The van der Waals surface area contributed by atoms with E-state index in [9.17, 15) is 4.79 Å². The Hall–Kier alpha value is -2.14. The maximum absolute atomic E-state index is 11.9. The average Bonchev–Trinajstić information content (AvgIpc) is 2.59. The Balaban J connectivity index is 1.69. The number of rotatable bonds is 8. The van der Waals surface area contributed by atoms with Gasteiger partial charge in [0, 0.05) is 4.90 Å². The molecule has 0 aliphatic carbocycles. The zero-order valence-corrected chi connectivity index (χ0v) is 14.1. The number of amides is 1. The van der Waals surface area contributed by atoms with Crippen LogP contribution in [0.1, 0.15) is 6.92 Å². The minimum Gasteiger partial charge on any atom is -0.497 e. The maximum Gasteiger partial charge on any atom is 0.230 e. The van der Waals surface area contributed by atoms with Gasteiger partial charge in [0.05, 0.1) is 18.9 Å². The zero-order valence-electron chi connectivity index (χ0n) is 13.3. The fourth-order valence-electron chi connectivity index (χ4n) is 1.92. The average molecular weight is 331 g/mol. The molecule has 2 aromatic carbocycles. The van der Waals surface area contributed by atoms with Crippen molar-refractivity contribution in [2.24, 2.45) is 0 Å². The van der Waals surface area contributed by atoms with Crippen molar-refractivity contribution in [3.63, 3.8) is 0 Å². The number of thioether (sulfide) groups is 1. The Morgan fingerprint density at radius 3 is 2.39 bits per heavy atom. The van der Waals surface area contributed by atoms with Gasteiger partial charge in [-0.25, -0.2) is 0 Å². The lowest BCUT2D eigenvalue weighted by Crippen LogP contribution is -2.37. The fourth-order valence-corrected chi connectivity index (χ4v) is 2.65. The van der Waals surface area contributed by atoms with E-state index in [1.807, 2.05) is 61.5 Å². The molecular weight excluding hydrogens is 310 g/mol. The first-order valence-electron chi connectivity index (χ1n) is 7.41. The predicted octanol–water partition coefficient (Wildman–Crippen LogP) is 3.37. The van der Waals surface area contributed by atoms with Crippen LogP contribution in [-0.4, -0.2) is 31.4 Å². The van der Waals surface area contributed by atoms with Gasteiger partial charge in [-0.05, 0) is 43.3 Å². The summed E-state index contributed by atoms with van der Waals surface area (Å²) in [5, 5.41) is 2.93. The molecule has 0 bridgehead atoms. The van der Waals surface area contributed by atoms with Crippen molar-refractivity contribution >= 4 is 17.7 Å². The molecule has 0 aliphatic rings. The lowest BCUT2D eigenvalue weighted by Gasteiger charge is -2.15. The molecule has 0 saturated carbocycles. The van der Waals surface area contributed by atoms with Crippen LogP contribution in [0.15, 0.2) is 59.5 Å². The van der Waals surface area contributed by atoms with Crippen LogP contribution < -0.4 is 14.8 Å². The van der Waals surface area contributed by atoms with Crippen LogP contribution in [0.25, 0.3) is 0 Å². The normalized spacial score (nSPS) is 11.6. The lowest BCUT2D eigenvalue weighted by molar-refractivity contribution is -0.119. The Kier molecular flexibility index (Phi) is 6.81. The molecule has 5 heteroatoms. The van der Waals surface area contributed by atoms with E-state index in [1.165, 1.54) is 11.8 Å². The van der Waals surface area contributed by atoms with E-state index < -0.39 is 0 Å². The third-order valence-corrected chi connectivity index (χ3v) is 4.09. The van der Waals surface area contributed by atoms with Crippen LogP contribution in [-0.2, 0) is 4.79 Å².